The van der Waals surface area contributed by atoms with Crippen LogP contribution in [-0.4, -0.2) is 21.1 Å². The molecule has 0 aromatic carbocycles. The Bertz CT molecular complexity index is 74.8. The van der Waals surface area contributed by atoms with Crippen molar-refractivity contribution in [1.82, 2.24) is 4.31 Å². The first-order valence-electron chi connectivity index (χ1n) is 2.82. The van der Waals surface area contributed by atoms with Crippen molar-refractivity contribution in [2.24, 2.45) is 0 Å². The summed E-state index contributed by atoms with van der Waals surface area (Å²) in [4.78, 5) is 0. The van der Waals surface area contributed by atoms with Gasteiger partial charge in [-0.1, -0.05) is 6.92 Å². The second-order valence-corrected chi connectivity index (χ2v) is 2.61. The third-order valence-electron chi connectivity index (χ3n) is 1.02. The molecule has 0 unspecified atom stereocenters. The zero-order chi connectivity index (χ0) is 6.57. The van der Waals surface area contributed by atoms with Gasteiger partial charge in [-0.05, 0) is 13.8 Å². The number of hydrogen-bond donors (Lipinski definition) is 1. The van der Waals surface area contributed by atoms with E-state index in [1.807, 2.05) is 25.1 Å². The van der Waals surface area contributed by atoms with Crippen LogP contribution < -0.4 is 0 Å². The third-order valence-corrected chi connectivity index (χ3v) is 1.98. The molecular formula is C5H13NOS. The van der Waals surface area contributed by atoms with Gasteiger partial charge in [-0.25, -0.2) is 8.51 Å². The summed E-state index contributed by atoms with van der Waals surface area (Å²) < 4.78 is 12.0. The van der Waals surface area contributed by atoms with E-state index < -0.39 is 0 Å². The van der Waals surface area contributed by atoms with Crippen LogP contribution >= 0.6 is 0 Å². The number of thiol groups is 1. The van der Waals surface area contributed by atoms with E-state index in [1.54, 1.807) is 0 Å². The van der Waals surface area contributed by atoms with Crippen molar-refractivity contribution >= 4 is 11.9 Å². The molecule has 2 nitrogen and oxygen atoms in total. The van der Waals surface area contributed by atoms with E-state index in [0.717, 1.165) is 6.54 Å². The van der Waals surface area contributed by atoms with Crippen LogP contribution in [0.15, 0.2) is 0 Å². The molecule has 0 aromatic rings. The van der Waals surface area contributed by atoms with E-state index in [9.17, 15) is 4.21 Å². The molecule has 0 radical (unpaired) electrons. The van der Waals surface area contributed by atoms with Gasteiger partial charge < -0.3 is 0 Å². The maximum Gasteiger partial charge on any atom is 0.0810 e. The minimum absolute atomic E-state index is 0.137. The molecule has 0 saturated heterocycles. The van der Waals surface area contributed by atoms with Crippen molar-refractivity contribution in [2.75, 3.05) is 6.54 Å². The minimum Gasteiger partial charge on any atom is -0.246 e. The van der Waals surface area contributed by atoms with E-state index in [2.05, 4.69) is 0 Å². The lowest BCUT2D eigenvalue weighted by atomic mass is 10.4. The smallest absolute Gasteiger partial charge is 0.0810 e. The fourth-order valence-electron chi connectivity index (χ4n) is 0.517. The summed E-state index contributed by atoms with van der Waals surface area (Å²) in [6, 6.07) is 0.388. The van der Waals surface area contributed by atoms with Crippen molar-refractivity contribution in [3.05, 3.63) is 0 Å². The largest absolute Gasteiger partial charge is 0.246 e. The van der Waals surface area contributed by atoms with E-state index in [4.69, 9.17) is 0 Å². The highest BCUT2D eigenvalue weighted by molar-refractivity contribution is 7.63. The predicted molar refractivity (Wildman–Crippen MR) is 37.1 cm³/mol. The normalized spacial score (nSPS) is 11.1. The van der Waals surface area contributed by atoms with Crippen molar-refractivity contribution in [2.45, 2.75) is 26.8 Å². The summed E-state index contributed by atoms with van der Waals surface area (Å²) in [6.45, 7) is 6.89. The van der Waals surface area contributed by atoms with Crippen molar-refractivity contribution < 1.29 is 4.21 Å². The molecule has 0 aliphatic carbocycles. The van der Waals surface area contributed by atoms with Crippen LogP contribution in [0.3, 0.4) is 0 Å². The molecule has 0 spiro atoms. The summed E-state index contributed by atoms with van der Waals surface area (Å²) in [6.07, 6.45) is 0. The summed E-state index contributed by atoms with van der Waals surface area (Å²) in [7, 11) is 0. The number of hydrogen-bond acceptors (Lipinski definition) is 1. The van der Waals surface area contributed by atoms with Crippen LogP contribution in [0.5, 0.6) is 0 Å². The summed E-state index contributed by atoms with van der Waals surface area (Å²) in [5.74, 6) is 0. The quantitative estimate of drug-likeness (QED) is 0.561. The molecule has 8 heavy (non-hydrogen) atoms. The highest BCUT2D eigenvalue weighted by Gasteiger charge is 2.01. The molecule has 3 heteroatoms. The lowest BCUT2D eigenvalue weighted by Gasteiger charge is -2.15. The lowest BCUT2D eigenvalue weighted by Crippen LogP contribution is -2.25. The summed E-state index contributed by atoms with van der Waals surface area (Å²) in [5.41, 5.74) is 0. The zero-order valence-electron chi connectivity index (χ0n) is 5.59. The molecule has 0 fully saturated rings. The van der Waals surface area contributed by atoms with E-state index in [0.29, 0.717) is 6.04 Å². The van der Waals surface area contributed by atoms with Crippen molar-refractivity contribution in [3.8, 4) is 0 Å². The molecule has 0 aromatic heterocycles. The predicted octanol–water partition coefficient (Wildman–Crippen LogP) is 0.577. The fraction of sp³-hybridized carbons (Fsp3) is 1.00. The van der Waals surface area contributed by atoms with Gasteiger partial charge in [-0.2, -0.15) is 0 Å². The van der Waals surface area contributed by atoms with Gasteiger partial charge in [-0.3, -0.25) is 0 Å². The van der Waals surface area contributed by atoms with Gasteiger partial charge in [0.2, 0.25) is 0 Å². The van der Waals surface area contributed by atoms with E-state index in [1.165, 1.54) is 0 Å². The average Bonchev–Trinajstić information content (AvgIpc) is 1.69. The molecule has 0 atom stereocenters. The Hall–Kier alpha value is 0.110. The Morgan fingerprint density at radius 1 is 1.62 bits per heavy atom. The Morgan fingerprint density at radius 2 is 2.12 bits per heavy atom. The average molecular weight is 135 g/mol. The Balaban J connectivity index is 3.51. The Kier molecular flexibility index (Phi) is 4.09. The monoisotopic (exact) mass is 135 g/mol. The van der Waals surface area contributed by atoms with E-state index in [-0.39, 0.29) is 11.9 Å². The first-order chi connectivity index (χ1) is 3.72. The number of nitrogens with zero attached hydrogens (tertiary/aromatic N) is 1. The first kappa shape index (κ1) is 8.11. The van der Waals surface area contributed by atoms with Gasteiger partial charge in [0.25, 0.3) is 0 Å². The minimum atomic E-state index is 0.137. The maximum atomic E-state index is 10.2. The molecule has 0 amide bonds. The highest BCUT2D eigenvalue weighted by atomic mass is 32.2. The zero-order valence-corrected chi connectivity index (χ0v) is 6.48. The number of rotatable bonds is 3. The first-order valence-corrected chi connectivity index (χ1v) is 3.58. The van der Waals surface area contributed by atoms with Gasteiger partial charge in [0.1, 0.15) is 0 Å². The van der Waals surface area contributed by atoms with Crippen LogP contribution in [0.25, 0.3) is 0 Å². The van der Waals surface area contributed by atoms with Gasteiger partial charge >= 0.3 is 0 Å². The topological polar surface area (TPSA) is 20.3 Å². The Labute approximate surface area is 54.5 Å². The molecular weight excluding hydrogens is 122 g/mol. The third kappa shape index (κ3) is 2.43. The van der Waals surface area contributed by atoms with E-state index >= 15 is 0 Å². The van der Waals surface area contributed by atoms with Gasteiger partial charge in [0.05, 0.1) is 11.9 Å². The van der Waals surface area contributed by atoms with Crippen molar-refractivity contribution in [3.63, 3.8) is 0 Å². The second kappa shape index (κ2) is 4.04. The molecule has 0 N–H and O–H groups in total. The molecule has 50 valence electrons. The molecule has 0 rings (SSSR count). The molecule has 0 bridgehead atoms. The highest BCUT2D eigenvalue weighted by Crippen LogP contribution is 1.92. The summed E-state index contributed by atoms with van der Waals surface area (Å²) >= 11 is 0.137. The molecule has 0 aliphatic rings. The maximum absolute atomic E-state index is 10.2. The fourth-order valence-corrected chi connectivity index (χ4v) is 0.821. The lowest BCUT2D eigenvalue weighted by molar-refractivity contribution is 0.403. The van der Waals surface area contributed by atoms with Gasteiger partial charge in [0.15, 0.2) is 0 Å². The SMILES string of the molecule is CCN([SH]=O)C(C)C. The standard InChI is InChI=1S/C5H13NOS/c1-4-6(8-7)5(2)3/h5,8H,4H2,1-3H3. The Morgan fingerprint density at radius 3 is 2.12 bits per heavy atom. The van der Waals surface area contributed by atoms with Crippen LogP contribution in [0.2, 0.25) is 0 Å². The van der Waals surface area contributed by atoms with Gasteiger partial charge in [-0.15, -0.1) is 0 Å². The molecule has 0 heterocycles. The van der Waals surface area contributed by atoms with Crippen molar-refractivity contribution in [1.29, 1.82) is 0 Å². The van der Waals surface area contributed by atoms with Crippen LogP contribution in [-0.2, 0) is 11.9 Å². The second-order valence-electron chi connectivity index (χ2n) is 1.93. The molecule has 0 aliphatic heterocycles. The van der Waals surface area contributed by atoms with Crippen LogP contribution in [0.1, 0.15) is 20.8 Å². The van der Waals surface area contributed by atoms with Gasteiger partial charge in [0, 0.05) is 12.6 Å². The van der Waals surface area contributed by atoms with Crippen LogP contribution in [0, 0.1) is 0 Å². The molecule has 0 saturated carbocycles. The summed E-state index contributed by atoms with van der Waals surface area (Å²) in [5, 5.41) is 0. The van der Waals surface area contributed by atoms with Crippen LogP contribution in [0.4, 0.5) is 0 Å².